The molecule has 0 atom stereocenters. The lowest BCUT2D eigenvalue weighted by Gasteiger charge is -2.08. The van der Waals surface area contributed by atoms with Crippen molar-refractivity contribution in [3.8, 4) is 11.4 Å². The molecule has 0 aliphatic rings. The number of hydrogen-bond donors (Lipinski definition) is 1. The molecule has 0 radical (unpaired) electrons. The molecule has 2 heterocycles. The van der Waals surface area contributed by atoms with Crippen LogP contribution >= 0.6 is 23.1 Å². The van der Waals surface area contributed by atoms with Gasteiger partial charge >= 0.3 is 0 Å². The summed E-state index contributed by atoms with van der Waals surface area (Å²) in [5.74, 6) is 0.506. The number of carbonyl (C=O) groups excluding carboxylic acids is 2. The average Bonchev–Trinajstić information content (AvgIpc) is 3.29. The number of amides is 2. The van der Waals surface area contributed by atoms with Crippen LogP contribution in [0.5, 0.6) is 0 Å². The summed E-state index contributed by atoms with van der Waals surface area (Å²) in [5.41, 5.74) is 2.69. The van der Waals surface area contributed by atoms with E-state index in [0.717, 1.165) is 17.0 Å². The van der Waals surface area contributed by atoms with Gasteiger partial charge in [-0.05, 0) is 19.9 Å². The maximum Gasteiger partial charge on any atom is 0.265 e. The summed E-state index contributed by atoms with van der Waals surface area (Å²) in [6.45, 7) is 8.12. The molecular weight excluding hydrogens is 432 g/mol. The first-order valence-electron chi connectivity index (χ1n) is 9.53. The van der Waals surface area contributed by atoms with Crippen molar-refractivity contribution in [2.24, 2.45) is 0 Å². The van der Waals surface area contributed by atoms with Crippen molar-refractivity contribution in [3.05, 3.63) is 53.1 Å². The van der Waals surface area contributed by atoms with Gasteiger partial charge < -0.3 is 10.2 Å². The fourth-order valence-electron chi connectivity index (χ4n) is 2.82. The molecule has 2 aromatic heterocycles. The fourth-order valence-corrected chi connectivity index (χ4v) is 4.58. The molecule has 0 unspecified atom stereocenters. The van der Waals surface area contributed by atoms with Gasteiger partial charge in [-0.1, -0.05) is 52.9 Å². The van der Waals surface area contributed by atoms with Crippen molar-refractivity contribution >= 4 is 40.0 Å². The molecule has 10 heteroatoms. The van der Waals surface area contributed by atoms with Gasteiger partial charge in [0, 0.05) is 26.2 Å². The first kappa shape index (κ1) is 22.7. The van der Waals surface area contributed by atoms with Crippen LogP contribution in [-0.2, 0) is 11.3 Å². The van der Waals surface area contributed by atoms with Gasteiger partial charge in [-0.15, -0.1) is 16.8 Å². The third kappa shape index (κ3) is 5.39. The van der Waals surface area contributed by atoms with E-state index in [1.54, 1.807) is 27.1 Å². The monoisotopic (exact) mass is 456 g/mol. The lowest BCUT2D eigenvalue weighted by atomic mass is 10.1. The zero-order chi connectivity index (χ0) is 22.5. The molecular formula is C21H24N6O2S2. The van der Waals surface area contributed by atoms with E-state index in [1.165, 1.54) is 28.0 Å². The molecule has 3 rings (SSSR count). The predicted molar refractivity (Wildman–Crippen MR) is 125 cm³/mol. The van der Waals surface area contributed by atoms with Crippen LogP contribution in [0.2, 0.25) is 0 Å². The van der Waals surface area contributed by atoms with Crippen molar-refractivity contribution in [1.29, 1.82) is 0 Å². The highest BCUT2D eigenvalue weighted by Crippen LogP contribution is 2.26. The Kier molecular flexibility index (Phi) is 7.24. The smallest absolute Gasteiger partial charge is 0.265 e. The summed E-state index contributed by atoms with van der Waals surface area (Å²) in [7, 11) is 3.36. The molecule has 1 aromatic carbocycles. The summed E-state index contributed by atoms with van der Waals surface area (Å²) in [6, 6.07) is 8.02. The summed E-state index contributed by atoms with van der Waals surface area (Å²) < 4.78 is 1.93. The average molecular weight is 457 g/mol. The first-order valence-corrected chi connectivity index (χ1v) is 11.3. The van der Waals surface area contributed by atoms with Crippen LogP contribution in [-0.4, -0.2) is 56.3 Å². The van der Waals surface area contributed by atoms with E-state index in [0.29, 0.717) is 27.4 Å². The number of thioether (sulfide) groups is 1. The topological polar surface area (TPSA) is 93.0 Å². The summed E-state index contributed by atoms with van der Waals surface area (Å²) >= 11 is 2.46. The Morgan fingerprint density at radius 3 is 2.74 bits per heavy atom. The van der Waals surface area contributed by atoms with E-state index in [9.17, 15) is 9.59 Å². The lowest BCUT2D eigenvalue weighted by molar-refractivity contribution is -0.113. The number of hydrogen-bond acceptors (Lipinski definition) is 7. The molecule has 3 aromatic rings. The van der Waals surface area contributed by atoms with Crippen LogP contribution in [0.3, 0.4) is 0 Å². The Morgan fingerprint density at radius 2 is 2.06 bits per heavy atom. The molecule has 0 spiro atoms. The van der Waals surface area contributed by atoms with E-state index in [-0.39, 0.29) is 17.6 Å². The number of allylic oxidation sites excluding steroid dienone is 1. The van der Waals surface area contributed by atoms with Crippen molar-refractivity contribution in [3.63, 3.8) is 0 Å². The quantitative estimate of drug-likeness (QED) is 0.411. The third-order valence-electron chi connectivity index (χ3n) is 4.28. The zero-order valence-electron chi connectivity index (χ0n) is 17.9. The van der Waals surface area contributed by atoms with Gasteiger partial charge in [-0.3, -0.25) is 14.2 Å². The molecule has 0 aliphatic heterocycles. The van der Waals surface area contributed by atoms with Gasteiger partial charge in [0.25, 0.3) is 5.91 Å². The van der Waals surface area contributed by atoms with Gasteiger partial charge in [-0.25, -0.2) is 4.98 Å². The number of carbonyl (C=O) groups is 2. The van der Waals surface area contributed by atoms with Gasteiger partial charge in [-0.2, -0.15) is 0 Å². The minimum atomic E-state index is -0.229. The van der Waals surface area contributed by atoms with Crippen LogP contribution in [0.1, 0.15) is 20.9 Å². The van der Waals surface area contributed by atoms with Gasteiger partial charge in [0.15, 0.2) is 16.1 Å². The molecule has 0 fully saturated rings. The standard InChI is InChI=1S/C21H24N6O2S2/c1-6-10-27-18(15-9-7-8-13(2)11-15)24-25-21(27)30-12-16(28)23-20-22-14(3)17(31-20)19(29)26(4)5/h6-9,11H,1,10,12H2,2-5H3,(H,22,23,28). The normalized spacial score (nSPS) is 10.7. The molecule has 0 aliphatic carbocycles. The first-order chi connectivity index (χ1) is 14.8. The highest BCUT2D eigenvalue weighted by atomic mass is 32.2. The maximum absolute atomic E-state index is 12.5. The Hall–Kier alpha value is -2.98. The highest BCUT2D eigenvalue weighted by Gasteiger charge is 2.19. The molecule has 0 saturated carbocycles. The number of thiazole rings is 1. The maximum atomic E-state index is 12.5. The Morgan fingerprint density at radius 1 is 1.29 bits per heavy atom. The zero-order valence-corrected chi connectivity index (χ0v) is 19.5. The molecule has 31 heavy (non-hydrogen) atoms. The molecule has 0 bridgehead atoms. The van der Waals surface area contributed by atoms with E-state index in [2.05, 4.69) is 27.1 Å². The lowest BCUT2D eigenvalue weighted by Crippen LogP contribution is -2.21. The molecule has 1 N–H and O–H groups in total. The third-order valence-corrected chi connectivity index (χ3v) is 6.31. The minimum absolute atomic E-state index is 0.133. The Balaban J connectivity index is 1.70. The van der Waals surface area contributed by atoms with Crippen LogP contribution in [0.4, 0.5) is 5.13 Å². The fraction of sp³-hybridized carbons (Fsp3) is 0.286. The number of benzene rings is 1. The predicted octanol–water partition coefficient (Wildman–Crippen LogP) is 3.64. The van der Waals surface area contributed by atoms with Crippen molar-refractivity contribution in [2.45, 2.75) is 25.5 Å². The van der Waals surface area contributed by atoms with Crippen LogP contribution in [0.25, 0.3) is 11.4 Å². The number of nitrogens with one attached hydrogen (secondary N) is 1. The van der Waals surface area contributed by atoms with Crippen molar-refractivity contribution in [2.75, 3.05) is 25.2 Å². The molecule has 162 valence electrons. The number of nitrogens with zero attached hydrogens (tertiary/aromatic N) is 5. The van der Waals surface area contributed by atoms with E-state index >= 15 is 0 Å². The summed E-state index contributed by atoms with van der Waals surface area (Å²) in [4.78, 5) is 30.9. The minimum Gasteiger partial charge on any atom is -0.344 e. The largest absolute Gasteiger partial charge is 0.344 e. The molecule has 2 amide bonds. The number of rotatable bonds is 8. The Labute approximate surface area is 189 Å². The van der Waals surface area contributed by atoms with E-state index < -0.39 is 0 Å². The van der Waals surface area contributed by atoms with Crippen LogP contribution in [0, 0.1) is 13.8 Å². The SMILES string of the molecule is C=CCn1c(SCC(=O)Nc2nc(C)c(C(=O)N(C)C)s2)nnc1-c1cccc(C)c1. The Bertz CT molecular complexity index is 1120. The van der Waals surface area contributed by atoms with Crippen molar-refractivity contribution < 1.29 is 9.59 Å². The van der Waals surface area contributed by atoms with Crippen LogP contribution in [0.15, 0.2) is 42.1 Å². The number of aryl methyl sites for hydroxylation is 2. The summed E-state index contributed by atoms with van der Waals surface area (Å²) in [6.07, 6.45) is 1.77. The van der Waals surface area contributed by atoms with Crippen LogP contribution < -0.4 is 5.32 Å². The second-order valence-electron chi connectivity index (χ2n) is 7.04. The second kappa shape index (κ2) is 9.88. The van der Waals surface area contributed by atoms with Gasteiger partial charge in [0.2, 0.25) is 5.91 Å². The summed E-state index contributed by atoms with van der Waals surface area (Å²) in [5, 5.41) is 12.4. The number of aromatic nitrogens is 4. The second-order valence-corrected chi connectivity index (χ2v) is 8.99. The van der Waals surface area contributed by atoms with Crippen molar-refractivity contribution in [1.82, 2.24) is 24.6 Å². The van der Waals surface area contributed by atoms with E-state index in [4.69, 9.17) is 0 Å². The van der Waals surface area contributed by atoms with Gasteiger partial charge in [0.1, 0.15) is 4.88 Å². The van der Waals surface area contributed by atoms with E-state index in [1.807, 2.05) is 35.8 Å². The van der Waals surface area contributed by atoms with Gasteiger partial charge in [0.05, 0.1) is 11.4 Å². The molecule has 0 saturated heterocycles. The highest BCUT2D eigenvalue weighted by molar-refractivity contribution is 7.99. The number of anilines is 1. The molecule has 8 nitrogen and oxygen atoms in total.